The molecule has 2 aromatic carbocycles. The Kier molecular flexibility index (Phi) is 6.79. The van der Waals surface area contributed by atoms with Crippen molar-refractivity contribution in [3.05, 3.63) is 54.1 Å². The van der Waals surface area contributed by atoms with Crippen molar-refractivity contribution in [3.63, 3.8) is 0 Å². The summed E-state index contributed by atoms with van der Waals surface area (Å²) < 4.78 is 5.55. The fourth-order valence-electron chi connectivity index (χ4n) is 2.19. The van der Waals surface area contributed by atoms with E-state index in [0.717, 1.165) is 42.5 Å². The maximum absolute atomic E-state index is 5.55. The maximum Gasteiger partial charge on any atom is 0.119 e. The van der Waals surface area contributed by atoms with Crippen molar-refractivity contribution < 1.29 is 4.74 Å². The van der Waals surface area contributed by atoms with E-state index in [1.807, 2.05) is 36.4 Å². The van der Waals surface area contributed by atoms with Crippen LogP contribution < -0.4 is 4.74 Å². The third-order valence-electron chi connectivity index (χ3n) is 3.81. The Bertz CT molecular complexity index is 603. The molecule has 0 radical (unpaired) electrons. The summed E-state index contributed by atoms with van der Waals surface area (Å²) in [7, 11) is 0. The molecule has 0 aliphatic heterocycles. The standard InChI is InChI=1S/C20H26N2O/c1-4-14-23-20-12-10-19(11-13-20)22-21-18-8-6-17(7-9-18)15-16(3)5-2/h6-13,16H,4-5,14-15H2,1-3H3. The van der Waals surface area contributed by atoms with Crippen LogP contribution in [0, 0.1) is 5.92 Å². The van der Waals surface area contributed by atoms with Crippen molar-refractivity contribution in [2.45, 2.75) is 40.0 Å². The van der Waals surface area contributed by atoms with E-state index in [1.165, 1.54) is 12.0 Å². The summed E-state index contributed by atoms with van der Waals surface area (Å²) in [5, 5.41) is 8.57. The van der Waals surface area contributed by atoms with Crippen molar-refractivity contribution in [1.29, 1.82) is 0 Å². The molecule has 3 nitrogen and oxygen atoms in total. The Balaban J connectivity index is 1.94. The molecule has 0 saturated carbocycles. The van der Waals surface area contributed by atoms with E-state index in [4.69, 9.17) is 4.74 Å². The lowest BCUT2D eigenvalue weighted by Gasteiger charge is -2.07. The van der Waals surface area contributed by atoms with Gasteiger partial charge in [-0.15, -0.1) is 0 Å². The minimum atomic E-state index is 0.718. The summed E-state index contributed by atoms with van der Waals surface area (Å²) in [5.41, 5.74) is 3.07. The highest BCUT2D eigenvalue weighted by molar-refractivity contribution is 5.43. The first-order valence-electron chi connectivity index (χ1n) is 8.44. The van der Waals surface area contributed by atoms with Crippen LogP contribution in [-0.4, -0.2) is 6.61 Å². The lowest BCUT2D eigenvalue weighted by atomic mass is 9.99. The summed E-state index contributed by atoms with van der Waals surface area (Å²) in [6, 6.07) is 16.0. The van der Waals surface area contributed by atoms with Crippen molar-refractivity contribution in [2.24, 2.45) is 16.1 Å². The number of nitrogens with zero attached hydrogens (tertiary/aromatic N) is 2. The van der Waals surface area contributed by atoms with Crippen LogP contribution in [0.2, 0.25) is 0 Å². The summed E-state index contributed by atoms with van der Waals surface area (Å²) in [6.07, 6.45) is 3.33. The molecule has 0 amide bonds. The molecule has 1 unspecified atom stereocenters. The highest BCUT2D eigenvalue weighted by Crippen LogP contribution is 2.22. The summed E-state index contributed by atoms with van der Waals surface area (Å²) in [6.45, 7) is 7.34. The van der Waals surface area contributed by atoms with E-state index < -0.39 is 0 Å². The van der Waals surface area contributed by atoms with Gasteiger partial charge in [0.1, 0.15) is 5.75 Å². The average Bonchev–Trinajstić information content (AvgIpc) is 2.60. The molecule has 122 valence electrons. The first kappa shape index (κ1) is 17.2. The fraction of sp³-hybridized carbons (Fsp3) is 0.400. The lowest BCUT2D eigenvalue weighted by molar-refractivity contribution is 0.317. The van der Waals surface area contributed by atoms with Crippen LogP contribution in [0.4, 0.5) is 11.4 Å². The second-order valence-corrected chi connectivity index (χ2v) is 5.93. The van der Waals surface area contributed by atoms with Crippen molar-refractivity contribution in [3.8, 4) is 5.75 Å². The monoisotopic (exact) mass is 310 g/mol. The molecule has 2 rings (SSSR count). The SMILES string of the molecule is CCCOc1ccc(N=Nc2ccc(CC(C)CC)cc2)cc1. The third-order valence-corrected chi connectivity index (χ3v) is 3.81. The van der Waals surface area contributed by atoms with Gasteiger partial charge in [-0.2, -0.15) is 10.2 Å². The number of ether oxygens (including phenoxy) is 1. The largest absolute Gasteiger partial charge is 0.494 e. The highest BCUT2D eigenvalue weighted by atomic mass is 16.5. The molecule has 0 saturated heterocycles. The summed E-state index contributed by atoms with van der Waals surface area (Å²) >= 11 is 0. The van der Waals surface area contributed by atoms with E-state index >= 15 is 0 Å². The number of hydrogen-bond acceptors (Lipinski definition) is 3. The molecule has 0 spiro atoms. The fourth-order valence-corrected chi connectivity index (χ4v) is 2.19. The molecular formula is C20H26N2O. The van der Waals surface area contributed by atoms with Crippen LogP contribution in [0.5, 0.6) is 5.75 Å². The molecule has 0 heterocycles. The van der Waals surface area contributed by atoms with Gasteiger partial charge in [0.2, 0.25) is 0 Å². The Hall–Kier alpha value is -2.16. The van der Waals surface area contributed by atoms with Gasteiger partial charge in [-0.05, 0) is 60.7 Å². The van der Waals surface area contributed by atoms with Gasteiger partial charge in [-0.1, -0.05) is 39.3 Å². The molecule has 1 atom stereocenters. The Labute approximate surface area is 139 Å². The Morgan fingerprint density at radius 2 is 1.43 bits per heavy atom. The highest BCUT2D eigenvalue weighted by Gasteiger charge is 2.01. The molecular weight excluding hydrogens is 284 g/mol. The second kappa shape index (κ2) is 9.09. The second-order valence-electron chi connectivity index (χ2n) is 5.93. The molecule has 0 aromatic heterocycles. The van der Waals surface area contributed by atoms with E-state index in [0.29, 0.717) is 0 Å². The Morgan fingerprint density at radius 1 is 0.870 bits per heavy atom. The maximum atomic E-state index is 5.55. The average molecular weight is 310 g/mol. The van der Waals surface area contributed by atoms with Crippen LogP contribution in [0.1, 0.15) is 39.2 Å². The molecule has 0 fully saturated rings. The predicted molar refractivity (Wildman–Crippen MR) is 96.0 cm³/mol. The number of azo groups is 1. The molecule has 3 heteroatoms. The third kappa shape index (κ3) is 5.85. The first-order chi connectivity index (χ1) is 11.2. The van der Waals surface area contributed by atoms with Crippen LogP contribution in [0.15, 0.2) is 58.8 Å². The van der Waals surface area contributed by atoms with Gasteiger partial charge in [-0.3, -0.25) is 0 Å². The van der Waals surface area contributed by atoms with Crippen LogP contribution in [0.3, 0.4) is 0 Å². The molecule has 23 heavy (non-hydrogen) atoms. The first-order valence-corrected chi connectivity index (χ1v) is 8.44. The van der Waals surface area contributed by atoms with E-state index in [2.05, 4.69) is 43.1 Å². The minimum absolute atomic E-state index is 0.718. The van der Waals surface area contributed by atoms with Crippen LogP contribution in [0.25, 0.3) is 0 Å². The van der Waals surface area contributed by atoms with Crippen LogP contribution >= 0.6 is 0 Å². The van der Waals surface area contributed by atoms with Gasteiger partial charge >= 0.3 is 0 Å². The number of rotatable bonds is 8. The van der Waals surface area contributed by atoms with Gasteiger partial charge in [0.25, 0.3) is 0 Å². The van der Waals surface area contributed by atoms with E-state index in [1.54, 1.807) is 0 Å². The Morgan fingerprint density at radius 3 is 1.96 bits per heavy atom. The van der Waals surface area contributed by atoms with Crippen molar-refractivity contribution in [1.82, 2.24) is 0 Å². The zero-order valence-corrected chi connectivity index (χ0v) is 14.3. The topological polar surface area (TPSA) is 34.0 Å². The summed E-state index contributed by atoms with van der Waals surface area (Å²) in [4.78, 5) is 0. The lowest BCUT2D eigenvalue weighted by Crippen LogP contribution is -1.96. The molecule has 0 aliphatic carbocycles. The van der Waals surface area contributed by atoms with Crippen LogP contribution in [-0.2, 0) is 6.42 Å². The van der Waals surface area contributed by atoms with Crippen molar-refractivity contribution >= 4 is 11.4 Å². The van der Waals surface area contributed by atoms with Gasteiger partial charge < -0.3 is 4.74 Å². The zero-order valence-electron chi connectivity index (χ0n) is 14.3. The quantitative estimate of drug-likeness (QED) is 0.514. The summed E-state index contributed by atoms with van der Waals surface area (Å²) in [5.74, 6) is 1.59. The smallest absolute Gasteiger partial charge is 0.119 e. The minimum Gasteiger partial charge on any atom is -0.494 e. The van der Waals surface area contributed by atoms with E-state index in [9.17, 15) is 0 Å². The molecule has 0 bridgehead atoms. The molecule has 0 aliphatic rings. The van der Waals surface area contributed by atoms with E-state index in [-0.39, 0.29) is 0 Å². The molecule has 2 aromatic rings. The number of benzene rings is 2. The number of hydrogen-bond donors (Lipinski definition) is 0. The van der Waals surface area contributed by atoms with Gasteiger partial charge in [-0.25, -0.2) is 0 Å². The van der Waals surface area contributed by atoms with Crippen molar-refractivity contribution in [2.75, 3.05) is 6.61 Å². The molecule has 0 N–H and O–H groups in total. The van der Waals surface area contributed by atoms with Gasteiger partial charge in [0.05, 0.1) is 18.0 Å². The zero-order chi connectivity index (χ0) is 16.5. The normalized spacial score (nSPS) is 12.5. The van der Waals surface area contributed by atoms with Gasteiger partial charge in [0.15, 0.2) is 0 Å². The van der Waals surface area contributed by atoms with Gasteiger partial charge in [0, 0.05) is 0 Å². The predicted octanol–water partition coefficient (Wildman–Crippen LogP) is 6.48.